The van der Waals surface area contributed by atoms with E-state index in [2.05, 4.69) is 10.6 Å². The fourth-order valence-corrected chi connectivity index (χ4v) is 4.99. The van der Waals surface area contributed by atoms with Gasteiger partial charge in [0.15, 0.2) is 0 Å². The average molecular weight is 462 g/mol. The van der Waals surface area contributed by atoms with Crippen molar-refractivity contribution in [1.82, 2.24) is 20.0 Å². The summed E-state index contributed by atoms with van der Waals surface area (Å²) in [5.41, 5.74) is -0.229. The van der Waals surface area contributed by atoms with Crippen molar-refractivity contribution in [3.63, 3.8) is 0 Å². The van der Waals surface area contributed by atoms with Crippen LogP contribution in [0.2, 0.25) is 5.02 Å². The molecule has 2 saturated heterocycles. The lowest BCUT2D eigenvalue weighted by atomic mass is 9.97. The molecule has 32 heavy (non-hydrogen) atoms. The predicted molar refractivity (Wildman–Crippen MR) is 119 cm³/mol. The Kier molecular flexibility index (Phi) is 6.28. The van der Waals surface area contributed by atoms with Crippen LogP contribution in [0.1, 0.15) is 39.0 Å². The monoisotopic (exact) mass is 461 g/mol. The van der Waals surface area contributed by atoms with Gasteiger partial charge in [-0.15, -0.1) is 0 Å². The summed E-state index contributed by atoms with van der Waals surface area (Å²) in [6, 6.07) is 5.29. The Labute approximate surface area is 192 Å². The molecule has 2 heterocycles. The molecule has 10 heteroatoms. The van der Waals surface area contributed by atoms with E-state index in [1.165, 1.54) is 0 Å². The van der Waals surface area contributed by atoms with E-state index in [1.807, 2.05) is 0 Å². The quantitative estimate of drug-likeness (QED) is 0.675. The molecular weight excluding hydrogens is 434 g/mol. The molecule has 0 aromatic heterocycles. The summed E-state index contributed by atoms with van der Waals surface area (Å²) in [6.07, 6.45) is 3.62. The number of imide groups is 1. The zero-order chi connectivity index (χ0) is 22.9. The number of nitrogens with one attached hydrogen (secondary N) is 2. The highest BCUT2D eigenvalue weighted by Crippen LogP contribution is 2.36. The van der Waals surface area contributed by atoms with E-state index >= 15 is 0 Å². The van der Waals surface area contributed by atoms with Gasteiger partial charge in [0.25, 0.3) is 5.91 Å². The highest BCUT2D eigenvalue weighted by molar-refractivity contribution is 6.30. The van der Waals surface area contributed by atoms with Crippen LogP contribution < -0.4 is 10.6 Å². The molecule has 0 bridgehead atoms. The number of halogens is 1. The van der Waals surface area contributed by atoms with Gasteiger partial charge in [-0.3, -0.25) is 9.59 Å². The number of amides is 6. The lowest BCUT2D eigenvalue weighted by Crippen LogP contribution is -2.51. The number of nitrogens with zero attached hydrogens (tertiary/aromatic N) is 3. The molecule has 2 aliphatic heterocycles. The van der Waals surface area contributed by atoms with E-state index in [9.17, 15) is 19.2 Å². The minimum atomic E-state index is -0.880. The van der Waals surface area contributed by atoms with Gasteiger partial charge in [-0.1, -0.05) is 30.5 Å². The standard InChI is InChI=1S/C22H28ClN5O4/c1-15(28-19(30)22(25-21(28)32)8-2-3-9-22)18(29)26-10-5-11-27(13-12-26)20(31)24-17-7-4-6-16(23)14-17/h4,6-7,14-15H,2-3,5,8-13H2,1H3,(H,24,31)(H,25,32). The third-order valence-electron chi connectivity index (χ3n) is 6.57. The van der Waals surface area contributed by atoms with Crippen molar-refractivity contribution in [1.29, 1.82) is 0 Å². The van der Waals surface area contributed by atoms with E-state index in [-0.39, 0.29) is 17.8 Å². The van der Waals surface area contributed by atoms with E-state index in [1.54, 1.807) is 41.0 Å². The van der Waals surface area contributed by atoms with E-state index in [0.717, 1.165) is 17.7 Å². The number of rotatable bonds is 3. The minimum absolute atomic E-state index is 0.258. The van der Waals surface area contributed by atoms with Crippen LogP contribution in [-0.2, 0) is 9.59 Å². The fraction of sp³-hybridized carbons (Fsp3) is 0.545. The first-order chi connectivity index (χ1) is 15.3. The van der Waals surface area contributed by atoms with E-state index in [0.29, 0.717) is 56.2 Å². The molecule has 3 aliphatic rings. The number of hydrogen-bond acceptors (Lipinski definition) is 4. The van der Waals surface area contributed by atoms with Crippen molar-refractivity contribution in [3.05, 3.63) is 29.3 Å². The Balaban J connectivity index is 1.36. The van der Waals surface area contributed by atoms with Gasteiger partial charge in [-0.2, -0.15) is 0 Å². The summed E-state index contributed by atoms with van der Waals surface area (Å²) in [4.78, 5) is 55.7. The summed E-state index contributed by atoms with van der Waals surface area (Å²) in [5, 5.41) is 6.18. The first-order valence-corrected chi connectivity index (χ1v) is 11.4. The first-order valence-electron chi connectivity index (χ1n) is 11.1. The largest absolute Gasteiger partial charge is 0.339 e. The van der Waals surface area contributed by atoms with Gasteiger partial charge >= 0.3 is 12.1 Å². The van der Waals surface area contributed by atoms with Crippen molar-refractivity contribution < 1.29 is 19.2 Å². The van der Waals surface area contributed by atoms with Gasteiger partial charge in [0.1, 0.15) is 11.6 Å². The van der Waals surface area contributed by atoms with Crippen LogP contribution in [0.5, 0.6) is 0 Å². The Morgan fingerprint density at radius 1 is 1.06 bits per heavy atom. The molecule has 1 unspecified atom stereocenters. The van der Waals surface area contributed by atoms with Crippen LogP contribution >= 0.6 is 11.6 Å². The van der Waals surface area contributed by atoms with Crippen LogP contribution in [0.15, 0.2) is 24.3 Å². The number of hydrogen-bond donors (Lipinski definition) is 2. The summed E-state index contributed by atoms with van der Waals surface area (Å²) in [5.74, 6) is -0.571. The molecule has 3 fully saturated rings. The molecule has 1 aliphatic carbocycles. The predicted octanol–water partition coefficient (Wildman–Crippen LogP) is 2.66. The highest BCUT2D eigenvalue weighted by Gasteiger charge is 2.54. The van der Waals surface area contributed by atoms with Gasteiger partial charge in [0.05, 0.1) is 0 Å². The molecule has 4 rings (SSSR count). The highest BCUT2D eigenvalue weighted by atomic mass is 35.5. The van der Waals surface area contributed by atoms with Gasteiger partial charge < -0.3 is 20.4 Å². The van der Waals surface area contributed by atoms with Crippen LogP contribution in [0.4, 0.5) is 15.3 Å². The lowest BCUT2D eigenvalue weighted by Gasteiger charge is -2.29. The summed E-state index contributed by atoms with van der Waals surface area (Å²) in [7, 11) is 0. The molecule has 1 spiro atoms. The molecule has 1 aromatic rings. The van der Waals surface area contributed by atoms with Crippen LogP contribution in [-0.4, -0.2) is 76.3 Å². The summed E-state index contributed by atoms with van der Waals surface area (Å²) in [6.45, 7) is 3.24. The third-order valence-corrected chi connectivity index (χ3v) is 6.80. The SMILES string of the molecule is CC(C(=O)N1CCCN(C(=O)Nc2cccc(Cl)c2)CC1)N1C(=O)NC2(CCCC2)C1=O. The number of anilines is 1. The van der Waals surface area contributed by atoms with Crippen molar-refractivity contribution in [3.8, 4) is 0 Å². The molecule has 172 valence electrons. The average Bonchev–Trinajstić information content (AvgIpc) is 3.21. The maximum Gasteiger partial charge on any atom is 0.325 e. The molecule has 1 atom stereocenters. The Morgan fingerprint density at radius 3 is 2.47 bits per heavy atom. The lowest BCUT2D eigenvalue weighted by molar-refractivity contribution is -0.142. The van der Waals surface area contributed by atoms with Crippen LogP contribution in [0.3, 0.4) is 0 Å². The fourth-order valence-electron chi connectivity index (χ4n) is 4.79. The summed E-state index contributed by atoms with van der Waals surface area (Å²) < 4.78 is 0. The Hall–Kier alpha value is -2.81. The van der Waals surface area contributed by atoms with E-state index in [4.69, 9.17) is 11.6 Å². The molecule has 2 N–H and O–H groups in total. The normalized spacial score (nSPS) is 21.5. The van der Waals surface area contributed by atoms with Crippen molar-refractivity contribution in [2.75, 3.05) is 31.5 Å². The maximum absolute atomic E-state index is 13.2. The molecule has 9 nitrogen and oxygen atoms in total. The first kappa shape index (κ1) is 22.4. The van der Waals surface area contributed by atoms with E-state index < -0.39 is 17.6 Å². The summed E-state index contributed by atoms with van der Waals surface area (Å²) >= 11 is 5.97. The molecule has 0 radical (unpaired) electrons. The number of carbonyl (C=O) groups excluding carboxylic acids is 4. The molecule has 6 amide bonds. The number of carbonyl (C=O) groups is 4. The van der Waals surface area contributed by atoms with Gasteiger partial charge in [-0.05, 0) is 44.4 Å². The Morgan fingerprint density at radius 2 is 1.75 bits per heavy atom. The molecule has 1 saturated carbocycles. The molecular formula is C22H28ClN5O4. The second kappa shape index (κ2) is 8.97. The van der Waals surface area contributed by atoms with Gasteiger partial charge in [0.2, 0.25) is 5.91 Å². The van der Waals surface area contributed by atoms with Crippen molar-refractivity contribution >= 4 is 41.2 Å². The van der Waals surface area contributed by atoms with Crippen molar-refractivity contribution in [2.45, 2.75) is 50.6 Å². The van der Waals surface area contributed by atoms with Gasteiger partial charge in [-0.25, -0.2) is 14.5 Å². The topological polar surface area (TPSA) is 102 Å². The van der Waals surface area contributed by atoms with Gasteiger partial charge in [0, 0.05) is 36.9 Å². The zero-order valence-electron chi connectivity index (χ0n) is 18.1. The Bertz CT molecular complexity index is 933. The van der Waals surface area contributed by atoms with Crippen LogP contribution in [0, 0.1) is 0 Å². The molecule has 1 aromatic carbocycles. The van der Waals surface area contributed by atoms with Crippen LogP contribution in [0.25, 0.3) is 0 Å². The number of benzene rings is 1. The third kappa shape index (κ3) is 4.26. The smallest absolute Gasteiger partial charge is 0.325 e. The second-order valence-electron chi connectivity index (χ2n) is 8.68. The maximum atomic E-state index is 13.2. The van der Waals surface area contributed by atoms with Crippen molar-refractivity contribution in [2.24, 2.45) is 0 Å². The number of urea groups is 2. The minimum Gasteiger partial charge on any atom is -0.339 e. The second-order valence-corrected chi connectivity index (χ2v) is 9.11. The zero-order valence-corrected chi connectivity index (χ0v) is 18.9.